The monoisotopic (exact) mass is 390 g/mol. The summed E-state index contributed by atoms with van der Waals surface area (Å²) in [6.45, 7) is 11.6. The third-order valence-corrected chi connectivity index (χ3v) is 6.85. The summed E-state index contributed by atoms with van der Waals surface area (Å²) in [6, 6.07) is 17.4. The van der Waals surface area contributed by atoms with Gasteiger partial charge in [0.15, 0.2) is 0 Å². The average molecular weight is 391 g/mol. The molecule has 0 aliphatic carbocycles. The van der Waals surface area contributed by atoms with Gasteiger partial charge in [0, 0.05) is 16.6 Å². The lowest BCUT2D eigenvalue weighted by molar-refractivity contribution is -0.121. The lowest BCUT2D eigenvalue weighted by atomic mass is 9.65. The molecule has 0 spiro atoms. The summed E-state index contributed by atoms with van der Waals surface area (Å²) < 4.78 is 0. The summed E-state index contributed by atoms with van der Waals surface area (Å²) in [5, 5.41) is 0. The van der Waals surface area contributed by atoms with Crippen molar-refractivity contribution in [1.29, 1.82) is 0 Å². The van der Waals surface area contributed by atoms with Crippen LogP contribution in [0.25, 0.3) is 0 Å². The van der Waals surface area contributed by atoms with E-state index in [2.05, 4.69) is 86.0 Å². The Hall–Kier alpha value is -2.13. The van der Waals surface area contributed by atoms with Crippen LogP contribution in [0.5, 0.6) is 0 Å². The largest absolute Gasteiger partial charge is 0.305 e. The minimum absolute atomic E-state index is 0.117. The predicted molar refractivity (Wildman–Crippen MR) is 121 cm³/mol. The number of rotatable bonds is 3. The average Bonchev–Trinajstić information content (AvgIpc) is 2.69. The van der Waals surface area contributed by atoms with Crippen LogP contribution in [0.2, 0.25) is 0 Å². The Balaban J connectivity index is 1.77. The van der Waals surface area contributed by atoms with Crippen LogP contribution in [0.1, 0.15) is 63.1 Å². The van der Waals surface area contributed by atoms with Gasteiger partial charge in [0.25, 0.3) is 0 Å². The molecule has 4 rings (SSSR count). The number of carbonyl (C=O) groups is 1. The highest BCUT2D eigenvalue weighted by Gasteiger charge is 2.47. The zero-order valence-corrected chi connectivity index (χ0v) is 18.4. The summed E-state index contributed by atoms with van der Waals surface area (Å²) >= 11 is 0. The third-order valence-electron chi connectivity index (χ3n) is 6.85. The number of fused-ring (bicyclic) bond motifs is 1. The van der Waals surface area contributed by atoms with Crippen molar-refractivity contribution in [3.63, 3.8) is 0 Å². The van der Waals surface area contributed by atoms with Crippen molar-refractivity contribution in [2.45, 2.75) is 64.3 Å². The molecule has 0 N–H and O–H groups in total. The van der Waals surface area contributed by atoms with E-state index in [9.17, 15) is 4.79 Å². The van der Waals surface area contributed by atoms with Gasteiger partial charge in [-0.05, 0) is 70.3 Å². The first-order chi connectivity index (χ1) is 13.8. The standard InChI is InChI=1S/C26H34N2O/c1-20-13-14-23-22(17-20)26(4,21-11-7-5-8-12-21)19-25(2,3)28(23)24(29)18-27-15-9-6-10-16-27/h5,7-8,11-14,17H,6,9-10,15-16,18-19H2,1-4H3/t26-/m1/s1. The van der Waals surface area contributed by atoms with Crippen molar-refractivity contribution in [3.8, 4) is 0 Å². The van der Waals surface area contributed by atoms with Crippen molar-refractivity contribution < 1.29 is 4.79 Å². The van der Waals surface area contributed by atoms with E-state index in [1.54, 1.807) is 0 Å². The van der Waals surface area contributed by atoms with Gasteiger partial charge in [-0.25, -0.2) is 0 Å². The van der Waals surface area contributed by atoms with Gasteiger partial charge in [-0.3, -0.25) is 9.69 Å². The molecule has 1 amide bonds. The van der Waals surface area contributed by atoms with Gasteiger partial charge in [-0.1, -0.05) is 61.4 Å². The Morgan fingerprint density at radius 3 is 2.34 bits per heavy atom. The first kappa shape index (κ1) is 20.2. The Kier molecular flexibility index (Phi) is 5.29. The number of carbonyl (C=O) groups excluding carboxylic acids is 1. The predicted octanol–water partition coefficient (Wildman–Crippen LogP) is 5.30. The second kappa shape index (κ2) is 7.60. The zero-order valence-electron chi connectivity index (χ0n) is 18.4. The van der Waals surface area contributed by atoms with E-state index in [0.717, 1.165) is 25.2 Å². The fourth-order valence-electron chi connectivity index (χ4n) is 5.57. The summed E-state index contributed by atoms with van der Waals surface area (Å²) in [6.07, 6.45) is 4.61. The van der Waals surface area contributed by atoms with Gasteiger partial charge in [0.05, 0.1) is 6.54 Å². The molecule has 2 aliphatic rings. The molecule has 154 valence electrons. The molecule has 3 heteroatoms. The number of likely N-dealkylation sites (tertiary alicyclic amines) is 1. The van der Waals surface area contributed by atoms with Gasteiger partial charge in [-0.2, -0.15) is 0 Å². The fourth-order valence-corrected chi connectivity index (χ4v) is 5.57. The van der Waals surface area contributed by atoms with Crippen molar-refractivity contribution in [3.05, 3.63) is 65.2 Å². The molecule has 0 aromatic heterocycles. The molecule has 2 aromatic rings. The SMILES string of the molecule is Cc1ccc2c(c1)[C@@](C)(c1ccccc1)CC(C)(C)N2C(=O)CN1CCCCC1. The van der Waals surface area contributed by atoms with Crippen LogP contribution in [0.3, 0.4) is 0 Å². The zero-order chi connectivity index (χ0) is 20.6. The van der Waals surface area contributed by atoms with Crippen LogP contribution in [0.4, 0.5) is 5.69 Å². The van der Waals surface area contributed by atoms with E-state index < -0.39 is 0 Å². The minimum Gasteiger partial charge on any atom is -0.305 e. The molecule has 0 radical (unpaired) electrons. The molecular formula is C26H34N2O. The number of hydrogen-bond acceptors (Lipinski definition) is 2. The van der Waals surface area contributed by atoms with Crippen molar-refractivity contribution in [1.82, 2.24) is 4.90 Å². The molecule has 1 atom stereocenters. The number of benzene rings is 2. The summed E-state index contributed by atoms with van der Waals surface area (Å²) in [5.74, 6) is 0.233. The molecule has 2 heterocycles. The number of amides is 1. The Bertz CT molecular complexity index is 883. The molecular weight excluding hydrogens is 356 g/mol. The van der Waals surface area contributed by atoms with Crippen LogP contribution in [-0.2, 0) is 10.2 Å². The highest BCUT2D eigenvalue weighted by Crippen LogP contribution is 2.50. The molecule has 1 fully saturated rings. The number of aryl methyl sites for hydroxylation is 1. The normalized spacial score (nSPS) is 24.2. The third kappa shape index (κ3) is 3.73. The maximum Gasteiger partial charge on any atom is 0.241 e. The van der Waals surface area contributed by atoms with E-state index in [-0.39, 0.29) is 16.9 Å². The van der Waals surface area contributed by atoms with Crippen molar-refractivity contribution in [2.75, 3.05) is 24.5 Å². The van der Waals surface area contributed by atoms with Gasteiger partial charge in [0.2, 0.25) is 5.91 Å². The van der Waals surface area contributed by atoms with Crippen LogP contribution < -0.4 is 4.90 Å². The molecule has 29 heavy (non-hydrogen) atoms. The fraction of sp³-hybridized carbons (Fsp3) is 0.500. The van der Waals surface area contributed by atoms with E-state index in [1.807, 2.05) is 0 Å². The van der Waals surface area contributed by atoms with E-state index in [4.69, 9.17) is 0 Å². The number of piperidine rings is 1. The molecule has 1 saturated heterocycles. The molecule has 2 aromatic carbocycles. The second-order valence-corrected chi connectivity index (χ2v) is 9.77. The van der Waals surface area contributed by atoms with Gasteiger partial charge in [0.1, 0.15) is 0 Å². The minimum atomic E-state index is -0.250. The van der Waals surface area contributed by atoms with Gasteiger partial charge in [-0.15, -0.1) is 0 Å². The lowest BCUT2D eigenvalue weighted by Gasteiger charge is -2.52. The molecule has 3 nitrogen and oxygen atoms in total. The molecule has 2 aliphatic heterocycles. The first-order valence-corrected chi connectivity index (χ1v) is 11.0. The topological polar surface area (TPSA) is 23.6 Å². The maximum absolute atomic E-state index is 13.6. The highest BCUT2D eigenvalue weighted by molar-refractivity contribution is 5.98. The quantitative estimate of drug-likeness (QED) is 0.710. The highest BCUT2D eigenvalue weighted by atomic mass is 16.2. The van der Waals surface area contributed by atoms with Gasteiger partial charge >= 0.3 is 0 Å². The smallest absolute Gasteiger partial charge is 0.241 e. The number of nitrogens with zero attached hydrogens (tertiary/aromatic N) is 2. The Morgan fingerprint density at radius 1 is 0.966 bits per heavy atom. The van der Waals surface area contributed by atoms with Crippen LogP contribution in [0.15, 0.2) is 48.5 Å². The van der Waals surface area contributed by atoms with Crippen LogP contribution in [0, 0.1) is 6.92 Å². The van der Waals surface area contributed by atoms with Crippen LogP contribution >= 0.6 is 0 Å². The molecule has 0 saturated carbocycles. The van der Waals surface area contributed by atoms with Crippen LogP contribution in [-0.4, -0.2) is 36.0 Å². The summed E-state index contributed by atoms with van der Waals surface area (Å²) in [5.41, 5.74) is 4.56. The van der Waals surface area contributed by atoms with E-state index in [1.165, 1.54) is 36.0 Å². The number of hydrogen-bond donors (Lipinski definition) is 0. The molecule has 0 unspecified atom stereocenters. The molecule has 0 bridgehead atoms. The second-order valence-electron chi connectivity index (χ2n) is 9.77. The maximum atomic E-state index is 13.6. The first-order valence-electron chi connectivity index (χ1n) is 11.0. The van der Waals surface area contributed by atoms with Gasteiger partial charge < -0.3 is 4.90 Å². The number of anilines is 1. The summed E-state index contributed by atoms with van der Waals surface area (Å²) in [7, 11) is 0. The van der Waals surface area contributed by atoms with E-state index in [0.29, 0.717) is 6.54 Å². The lowest BCUT2D eigenvalue weighted by Crippen LogP contribution is -2.58. The Morgan fingerprint density at radius 2 is 1.66 bits per heavy atom. The van der Waals surface area contributed by atoms with Crippen molar-refractivity contribution >= 4 is 11.6 Å². The Labute approximate surface area is 175 Å². The van der Waals surface area contributed by atoms with E-state index >= 15 is 0 Å². The van der Waals surface area contributed by atoms with Crippen molar-refractivity contribution in [2.24, 2.45) is 0 Å². The summed E-state index contributed by atoms with van der Waals surface area (Å²) in [4.78, 5) is 18.0.